The smallest absolute Gasteiger partial charge is 0.208 e. The predicted molar refractivity (Wildman–Crippen MR) is 90.7 cm³/mol. The van der Waals surface area contributed by atoms with Crippen LogP contribution in [-0.2, 0) is 29.7 Å². The van der Waals surface area contributed by atoms with Gasteiger partial charge in [0.25, 0.3) is 0 Å². The lowest BCUT2D eigenvalue weighted by atomic mass is 10.1. The molecule has 24 heavy (non-hydrogen) atoms. The summed E-state index contributed by atoms with van der Waals surface area (Å²) in [5.41, 5.74) is 2.35. The van der Waals surface area contributed by atoms with E-state index in [0.717, 1.165) is 31.9 Å². The average Bonchev–Trinajstić information content (AvgIpc) is 3.14. The van der Waals surface area contributed by atoms with Crippen LogP contribution in [0, 0.1) is 0 Å². The van der Waals surface area contributed by atoms with Crippen LogP contribution in [0.5, 0.6) is 0 Å². The quantitative estimate of drug-likeness (QED) is 0.789. The highest BCUT2D eigenvalue weighted by atomic mass is 32.2. The number of aryl methyl sites for hydroxylation is 1. The Balaban J connectivity index is 1.66. The molecule has 8 nitrogen and oxygen atoms in total. The van der Waals surface area contributed by atoms with E-state index >= 15 is 0 Å². The summed E-state index contributed by atoms with van der Waals surface area (Å²) < 4.78 is 29.0. The van der Waals surface area contributed by atoms with E-state index in [1.165, 1.54) is 11.8 Å². The lowest BCUT2D eigenvalue weighted by Crippen LogP contribution is -2.38. The lowest BCUT2D eigenvalue weighted by Gasteiger charge is -2.33. The number of sulfonamides is 1. The predicted octanol–water partition coefficient (Wildman–Crippen LogP) is 0.596. The molecule has 1 atom stereocenters. The molecular formula is C15H24N6O2S. The van der Waals surface area contributed by atoms with Gasteiger partial charge in [-0.1, -0.05) is 0 Å². The van der Waals surface area contributed by atoms with Gasteiger partial charge >= 0.3 is 0 Å². The van der Waals surface area contributed by atoms with E-state index in [2.05, 4.69) is 32.9 Å². The normalized spacial score (nSPS) is 18.7. The first kappa shape index (κ1) is 17.1. The van der Waals surface area contributed by atoms with Crippen molar-refractivity contribution in [1.82, 2.24) is 29.2 Å². The van der Waals surface area contributed by atoms with Crippen LogP contribution >= 0.6 is 0 Å². The fourth-order valence-corrected chi connectivity index (χ4v) is 3.62. The lowest BCUT2D eigenvalue weighted by molar-refractivity contribution is 0.162. The number of hydrogen-bond donors (Lipinski definition) is 1. The van der Waals surface area contributed by atoms with Gasteiger partial charge in [-0.15, -0.1) is 0 Å². The molecule has 0 unspecified atom stereocenters. The summed E-state index contributed by atoms with van der Waals surface area (Å²) in [6, 6.07) is 2.19. The molecule has 0 radical (unpaired) electrons. The van der Waals surface area contributed by atoms with Crippen molar-refractivity contribution in [2.24, 2.45) is 0 Å². The largest absolute Gasteiger partial charge is 0.291 e. The summed E-state index contributed by atoms with van der Waals surface area (Å²) in [7, 11) is -3.16. The molecule has 0 aliphatic carbocycles. The number of hydrogen-bond acceptors (Lipinski definition) is 5. The van der Waals surface area contributed by atoms with Gasteiger partial charge in [0.05, 0.1) is 24.2 Å². The van der Waals surface area contributed by atoms with Crippen molar-refractivity contribution in [2.45, 2.75) is 39.0 Å². The van der Waals surface area contributed by atoms with E-state index in [0.29, 0.717) is 13.0 Å². The molecule has 0 bridgehead atoms. The first-order valence-electron chi connectivity index (χ1n) is 8.15. The Labute approximate surface area is 142 Å². The van der Waals surface area contributed by atoms with Crippen molar-refractivity contribution in [3.8, 4) is 0 Å². The summed E-state index contributed by atoms with van der Waals surface area (Å²) in [6.45, 7) is 5.88. The van der Waals surface area contributed by atoms with Crippen molar-refractivity contribution in [3.05, 3.63) is 35.9 Å². The molecule has 1 aliphatic rings. The van der Waals surface area contributed by atoms with Gasteiger partial charge in [0.1, 0.15) is 0 Å². The summed E-state index contributed by atoms with van der Waals surface area (Å²) in [5, 5.41) is 8.73. The Bertz CT molecular complexity index is 781. The Morgan fingerprint density at radius 2 is 2.21 bits per heavy atom. The van der Waals surface area contributed by atoms with Crippen LogP contribution in [0.2, 0.25) is 0 Å². The van der Waals surface area contributed by atoms with E-state index in [1.807, 2.05) is 27.8 Å². The van der Waals surface area contributed by atoms with E-state index < -0.39 is 10.0 Å². The molecule has 3 rings (SSSR count). The highest BCUT2D eigenvalue weighted by Gasteiger charge is 2.25. The minimum Gasteiger partial charge on any atom is -0.291 e. The van der Waals surface area contributed by atoms with E-state index in [-0.39, 0.29) is 6.04 Å². The first-order chi connectivity index (χ1) is 11.4. The maximum absolute atomic E-state index is 11.3. The van der Waals surface area contributed by atoms with Crippen molar-refractivity contribution in [2.75, 3.05) is 19.3 Å². The molecule has 0 saturated carbocycles. The number of aromatic nitrogens is 4. The van der Waals surface area contributed by atoms with Crippen LogP contribution in [0.15, 0.2) is 24.7 Å². The third-order valence-electron chi connectivity index (χ3n) is 4.21. The standard InChI is InChI=1S/C15H24N6O2S/c1-3-20-10-13(8-17-20)9-19-11-14-4-6-16-21(14)15(12-19)5-7-18-24(2,22)23/h4,6,8,10,15,18H,3,5,7,9,11-12H2,1-2H3/t15-/m0/s1. The first-order valence-corrected chi connectivity index (χ1v) is 10.0. The third kappa shape index (κ3) is 4.22. The van der Waals surface area contributed by atoms with Crippen LogP contribution in [0.3, 0.4) is 0 Å². The van der Waals surface area contributed by atoms with Crippen LogP contribution in [0.4, 0.5) is 0 Å². The molecule has 1 aliphatic heterocycles. The molecule has 0 aromatic carbocycles. The summed E-state index contributed by atoms with van der Waals surface area (Å²) >= 11 is 0. The minimum absolute atomic E-state index is 0.166. The zero-order valence-corrected chi connectivity index (χ0v) is 14.9. The van der Waals surface area contributed by atoms with Crippen LogP contribution < -0.4 is 4.72 Å². The maximum atomic E-state index is 11.3. The molecule has 3 heterocycles. The van der Waals surface area contributed by atoms with Crippen molar-refractivity contribution in [1.29, 1.82) is 0 Å². The van der Waals surface area contributed by atoms with Crippen molar-refractivity contribution in [3.63, 3.8) is 0 Å². The van der Waals surface area contributed by atoms with Gasteiger partial charge in [0.2, 0.25) is 10.0 Å². The van der Waals surface area contributed by atoms with Crippen molar-refractivity contribution >= 4 is 10.0 Å². The number of nitrogens with zero attached hydrogens (tertiary/aromatic N) is 5. The van der Waals surface area contributed by atoms with Crippen LogP contribution in [-0.4, -0.2) is 52.2 Å². The van der Waals surface area contributed by atoms with E-state index in [4.69, 9.17) is 0 Å². The fourth-order valence-electron chi connectivity index (χ4n) is 3.13. The monoisotopic (exact) mass is 352 g/mol. The van der Waals surface area contributed by atoms with E-state index in [1.54, 1.807) is 0 Å². The zero-order valence-electron chi connectivity index (χ0n) is 14.1. The molecule has 9 heteroatoms. The second-order valence-electron chi connectivity index (χ2n) is 6.25. The van der Waals surface area contributed by atoms with Gasteiger partial charge < -0.3 is 0 Å². The molecule has 0 saturated heterocycles. The van der Waals surface area contributed by atoms with Gasteiger partial charge in [-0.2, -0.15) is 10.2 Å². The molecular weight excluding hydrogens is 328 g/mol. The Hall–Kier alpha value is -1.71. The topological polar surface area (TPSA) is 85.0 Å². The van der Waals surface area contributed by atoms with Gasteiger partial charge in [-0.05, 0) is 19.4 Å². The van der Waals surface area contributed by atoms with Gasteiger partial charge in [-0.25, -0.2) is 13.1 Å². The molecule has 0 fully saturated rings. The molecule has 132 valence electrons. The summed E-state index contributed by atoms with van der Waals surface area (Å²) in [6.07, 6.45) is 7.70. The summed E-state index contributed by atoms with van der Waals surface area (Å²) in [5.74, 6) is 0. The highest BCUT2D eigenvalue weighted by Crippen LogP contribution is 2.24. The van der Waals surface area contributed by atoms with Gasteiger partial charge in [0.15, 0.2) is 0 Å². The Morgan fingerprint density at radius 3 is 2.92 bits per heavy atom. The maximum Gasteiger partial charge on any atom is 0.208 e. The SMILES string of the molecule is CCn1cc(CN2Cc3ccnn3[C@@H](CCNS(C)(=O)=O)C2)cn1. The Morgan fingerprint density at radius 1 is 1.38 bits per heavy atom. The van der Waals surface area contributed by atoms with E-state index in [9.17, 15) is 8.42 Å². The van der Waals surface area contributed by atoms with Gasteiger partial charge in [-0.3, -0.25) is 14.3 Å². The molecule has 2 aromatic heterocycles. The molecule has 0 amide bonds. The molecule has 0 spiro atoms. The fraction of sp³-hybridized carbons (Fsp3) is 0.600. The summed E-state index contributed by atoms with van der Waals surface area (Å²) in [4.78, 5) is 2.36. The van der Waals surface area contributed by atoms with Gasteiger partial charge in [0, 0.05) is 50.7 Å². The van der Waals surface area contributed by atoms with Crippen LogP contribution in [0.25, 0.3) is 0 Å². The minimum atomic E-state index is -3.16. The second kappa shape index (κ2) is 7.04. The number of nitrogens with one attached hydrogen (secondary N) is 1. The number of fused-ring (bicyclic) bond motifs is 1. The molecule has 2 aromatic rings. The average molecular weight is 352 g/mol. The van der Waals surface area contributed by atoms with Crippen molar-refractivity contribution < 1.29 is 8.42 Å². The number of rotatable bonds is 7. The third-order valence-corrected chi connectivity index (χ3v) is 4.94. The van der Waals surface area contributed by atoms with Crippen LogP contribution in [0.1, 0.15) is 30.6 Å². The molecule has 1 N–H and O–H groups in total. The highest BCUT2D eigenvalue weighted by molar-refractivity contribution is 7.88. The zero-order chi connectivity index (χ0) is 17.2. The Kier molecular flexibility index (Phi) is 5.02. The second-order valence-corrected chi connectivity index (χ2v) is 8.08.